The second-order valence-corrected chi connectivity index (χ2v) is 4.80. The van der Waals surface area contributed by atoms with E-state index in [1.807, 2.05) is 0 Å². The van der Waals surface area contributed by atoms with Gasteiger partial charge in [-0.3, -0.25) is 0 Å². The molecular weight excluding hydrogens is 244 g/mol. The van der Waals surface area contributed by atoms with Crippen molar-refractivity contribution in [1.82, 2.24) is 15.2 Å². The quantitative estimate of drug-likeness (QED) is 0.833. The van der Waals surface area contributed by atoms with E-state index < -0.39 is 10.0 Å². The average molecular weight is 254 g/mol. The number of H-pyrrole nitrogens is 1. The van der Waals surface area contributed by atoms with Crippen molar-refractivity contribution >= 4 is 16.0 Å². The predicted molar refractivity (Wildman–Crippen MR) is 60.2 cm³/mol. The van der Waals surface area contributed by atoms with Gasteiger partial charge in [0, 0.05) is 0 Å². The van der Waals surface area contributed by atoms with Crippen LogP contribution in [0.2, 0.25) is 0 Å². The lowest BCUT2D eigenvalue weighted by Gasteiger charge is -2.05. The minimum atomic E-state index is -3.65. The molecule has 7 nitrogen and oxygen atoms in total. The van der Waals surface area contributed by atoms with Crippen molar-refractivity contribution in [2.45, 2.75) is 4.90 Å². The van der Waals surface area contributed by atoms with Gasteiger partial charge in [-0.1, -0.05) is 0 Å². The van der Waals surface area contributed by atoms with Gasteiger partial charge in [0.05, 0.1) is 12.0 Å². The number of methoxy groups -OCH3 is 1. The van der Waals surface area contributed by atoms with Gasteiger partial charge in [0.1, 0.15) is 12.1 Å². The predicted octanol–water partition coefficient (Wildman–Crippen LogP) is 0.614. The highest BCUT2D eigenvalue weighted by Crippen LogP contribution is 2.17. The van der Waals surface area contributed by atoms with Crippen LogP contribution < -0.4 is 9.46 Å². The molecule has 2 N–H and O–H groups in total. The van der Waals surface area contributed by atoms with E-state index in [1.165, 1.54) is 25.6 Å². The van der Waals surface area contributed by atoms with Crippen molar-refractivity contribution in [3.8, 4) is 5.75 Å². The molecule has 0 aliphatic carbocycles. The number of aromatic amines is 1. The molecule has 8 heteroatoms. The Hall–Kier alpha value is -2.09. The van der Waals surface area contributed by atoms with Crippen molar-refractivity contribution in [3.05, 3.63) is 30.6 Å². The fourth-order valence-electron chi connectivity index (χ4n) is 1.20. The van der Waals surface area contributed by atoms with Crippen LogP contribution in [0.25, 0.3) is 0 Å². The van der Waals surface area contributed by atoms with Gasteiger partial charge in [0.25, 0.3) is 10.0 Å². The first-order valence-corrected chi connectivity index (χ1v) is 6.12. The molecule has 1 aromatic heterocycles. The molecule has 90 valence electrons. The van der Waals surface area contributed by atoms with Crippen molar-refractivity contribution in [1.29, 1.82) is 0 Å². The second-order valence-electron chi connectivity index (χ2n) is 3.12. The molecule has 0 saturated heterocycles. The molecule has 0 saturated carbocycles. The third-order valence-corrected chi connectivity index (χ3v) is 3.37. The maximum atomic E-state index is 11.9. The minimum Gasteiger partial charge on any atom is -0.497 e. The zero-order valence-electron chi connectivity index (χ0n) is 8.91. The van der Waals surface area contributed by atoms with Gasteiger partial charge in [-0.15, -0.1) is 0 Å². The van der Waals surface area contributed by atoms with Crippen LogP contribution in [0.15, 0.2) is 35.5 Å². The van der Waals surface area contributed by atoms with E-state index in [0.29, 0.717) is 5.75 Å². The Labute approximate surface area is 97.9 Å². The molecule has 0 aliphatic rings. The molecule has 0 aliphatic heterocycles. The summed E-state index contributed by atoms with van der Waals surface area (Å²) in [7, 11) is -2.14. The van der Waals surface area contributed by atoms with Gasteiger partial charge >= 0.3 is 0 Å². The number of benzene rings is 1. The molecule has 0 fully saturated rings. The zero-order valence-corrected chi connectivity index (χ0v) is 9.73. The molecule has 0 atom stereocenters. The fourth-order valence-corrected chi connectivity index (χ4v) is 2.16. The lowest BCUT2D eigenvalue weighted by atomic mass is 10.3. The molecule has 0 unspecified atom stereocenters. The summed E-state index contributed by atoms with van der Waals surface area (Å²) in [5.41, 5.74) is 0. The standard InChI is InChI=1S/C9H10N4O3S/c1-16-7-2-4-8(5-3-7)17(14,15)13-9-10-6-11-12-9/h2-6H,1H3,(H2,10,11,12,13). The number of sulfonamides is 1. The molecule has 0 spiro atoms. The van der Waals surface area contributed by atoms with Gasteiger partial charge in [0.15, 0.2) is 0 Å². The van der Waals surface area contributed by atoms with Crippen LogP contribution in [-0.4, -0.2) is 30.7 Å². The van der Waals surface area contributed by atoms with Gasteiger partial charge in [-0.05, 0) is 24.3 Å². The Kier molecular flexibility index (Phi) is 2.96. The number of nitrogens with zero attached hydrogens (tertiary/aromatic N) is 2. The SMILES string of the molecule is COc1ccc(S(=O)(=O)Nc2ncn[nH]2)cc1. The molecule has 2 rings (SSSR count). The highest BCUT2D eigenvalue weighted by Gasteiger charge is 2.15. The van der Waals surface area contributed by atoms with E-state index in [0.717, 1.165) is 0 Å². The van der Waals surface area contributed by atoms with Crippen LogP contribution >= 0.6 is 0 Å². The largest absolute Gasteiger partial charge is 0.497 e. The van der Waals surface area contributed by atoms with Crippen molar-refractivity contribution in [2.75, 3.05) is 11.8 Å². The number of ether oxygens (including phenoxy) is 1. The summed E-state index contributed by atoms with van der Waals surface area (Å²) >= 11 is 0. The molecule has 0 bridgehead atoms. The van der Waals surface area contributed by atoms with Gasteiger partial charge in [-0.25, -0.2) is 18.2 Å². The van der Waals surface area contributed by atoms with E-state index in [2.05, 4.69) is 19.9 Å². The number of anilines is 1. The van der Waals surface area contributed by atoms with Crippen LogP contribution in [-0.2, 0) is 10.0 Å². The summed E-state index contributed by atoms with van der Waals surface area (Å²) in [6.07, 6.45) is 1.21. The van der Waals surface area contributed by atoms with E-state index in [1.54, 1.807) is 12.1 Å². The van der Waals surface area contributed by atoms with Crippen molar-refractivity contribution < 1.29 is 13.2 Å². The van der Waals surface area contributed by atoms with Crippen molar-refractivity contribution in [2.24, 2.45) is 0 Å². The maximum absolute atomic E-state index is 11.9. The number of aromatic nitrogens is 3. The second kappa shape index (κ2) is 4.42. The number of hydrogen-bond donors (Lipinski definition) is 2. The first-order chi connectivity index (χ1) is 8.12. The topological polar surface area (TPSA) is 97.0 Å². The van der Waals surface area contributed by atoms with Crippen LogP contribution in [0.5, 0.6) is 5.75 Å². The normalized spacial score (nSPS) is 11.1. The molecule has 0 amide bonds. The molecule has 1 aromatic carbocycles. The van der Waals surface area contributed by atoms with E-state index >= 15 is 0 Å². The average Bonchev–Trinajstić information content (AvgIpc) is 2.81. The Morgan fingerprint density at radius 3 is 2.53 bits per heavy atom. The Bertz CT molecular complexity index is 577. The zero-order chi connectivity index (χ0) is 12.3. The van der Waals surface area contributed by atoms with Crippen LogP contribution in [0.3, 0.4) is 0 Å². The third kappa shape index (κ3) is 2.53. The third-order valence-electron chi connectivity index (χ3n) is 2.02. The number of rotatable bonds is 4. The summed E-state index contributed by atoms with van der Waals surface area (Å²) < 4.78 is 30.9. The molecule has 0 radical (unpaired) electrons. The lowest BCUT2D eigenvalue weighted by Crippen LogP contribution is -2.13. The summed E-state index contributed by atoms with van der Waals surface area (Å²) in [4.78, 5) is 3.80. The summed E-state index contributed by atoms with van der Waals surface area (Å²) in [6.45, 7) is 0. The summed E-state index contributed by atoms with van der Waals surface area (Å²) in [5, 5.41) is 5.95. The first-order valence-electron chi connectivity index (χ1n) is 4.64. The number of nitrogens with one attached hydrogen (secondary N) is 2. The first kappa shape index (κ1) is 11.4. The van der Waals surface area contributed by atoms with Crippen LogP contribution in [0.4, 0.5) is 5.95 Å². The Morgan fingerprint density at radius 2 is 2.00 bits per heavy atom. The van der Waals surface area contributed by atoms with E-state index in [-0.39, 0.29) is 10.8 Å². The van der Waals surface area contributed by atoms with Crippen LogP contribution in [0, 0.1) is 0 Å². The minimum absolute atomic E-state index is 0.0702. The van der Waals surface area contributed by atoms with Gasteiger partial charge in [0.2, 0.25) is 5.95 Å². The van der Waals surface area contributed by atoms with Gasteiger partial charge in [-0.2, -0.15) is 10.1 Å². The van der Waals surface area contributed by atoms with Crippen LogP contribution in [0.1, 0.15) is 0 Å². The highest BCUT2D eigenvalue weighted by atomic mass is 32.2. The molecule has 17 heavy (non-hydrogen) atoms. The molecule has 2 aromatic rings. The fraction of sp³-hybridized carbons (Fsp3) is 0.111. The monoisotopic (exact) mass is 254 g/mol. The van der Waals surface area contributed by atoms with Crippen molar-refractivity contribution in [3.63, 3.8) is 0 Å². The van der Waals surface area contributed by atoms with E-state index in [4.69, 9.17) is 4.74 Å². The smallest absolute Gasteiger partial charge is 0.264 e. The summed E-state index contributed by atoms with van der Waals surface area (Å²) in [5.74, 6) is 0.657. The Balaban J connectivity index is 2.25. The Morgan fingerprint density at radius 1 is 1.29 bits per heavy atom. The van der Waals surface area contributed by atoms with Gasteiger partial charge < -0.3 is 4.74 Å². The summed E-state index contributed by atoms with van der Waals surface area (Å²) in [6, 6.07) is 6.01. The lowest BCUT2D eigenvalue weighted by molar-refractivity contribution is 0.414. The molecular formula is C9H10N4O3S. The van der Waals surface area contributed by atoms with E-state index in [9.17, 15) is 8.42 Å². The molecule has 1 heterocycles. The highest BCUT2D eigenvalue weighted by molar-refractivity contribution is 7.92. The number of hydrogen-bond acceptors (Lipinski definition) is 5. The maximum Gasteiger partial charge on any atom is 0.264 e.